The topological polar surface area (TPSA) is 131 Å². The van der Waals surface area contributed by atoms with E-state index in [1.807, 2.05) is 30.9 Å². The Kier molecular flexibility index (Phi) is 9.72. The minimum absolute atomic E-state index is 0.0558. The molecule has 2 aliphatic heterocycles. The van der Waals surface area contributed by atoms with Gasteiger partial charge in [-0.2, -0.15) is 0 Å². The molecule has 0 radical (unpaired) electrons. The largest absolute Gasteiger partial charge is 0.507 e. The molecular formula is C33H42N6O5. The summed E-state index contributed by atoms with van der Waals surface area (Å²) in [5.74, 6) is -0.381. The van der Waals surface area contributed by atoms with Crippen molar-refractivity contribution in [2.45, 2.75) is 52.4 Å². The quantitative estimate of drug-likeness (QED) is 0.216. The number of phenols is 1. The highest BCUT2D eigenvalue weighted by atomic mass is 16.3. The average Bonchev–Trinajstić information content (AvgIpc) is 3.69. The molecule has 3 heterocycles. The van der Waals surface area contributed by atoms with Crippen LogP contribution in [-0.2, 0) is 4.79 Å². The van der Waals surface area contributed by atoms with Crippen LogP contribution in [0.2, 0.25) is 0 Å². The number of aryl methyl sites for hydroxylation is 1. The third-order valence-electron chi connectivity index (χ3n) is 8.53. The fraction of sp³-hybridized carbons (Fsp3) is 0.455. The zero-order valence-electron chi connectivity index (χ0n) is 25.8. The Bertz CT molecular complexity index is 1500. The number of rotatable bonds is 11. The van der Waals surface area contributed by atoms with Crippen molar-refractivity contribution in [3.8, 4) is 5.75 Å². The van der Waals surface area contributed by atoms with Crippen LogP contribution in [0.4, 0.5) is 17.1 Å². The predicted octanol–water partition coefficient (Wildman–Crippen LogP) is 4.52. The molecule has 1 unspecified atom stereocenters. The molecule has 2 fully saturated rings. The number of hydrogen-bond acceptors (Lipinski definition) is 8. The number of aromatic nitrogens is 1. The molecule has 1 aromatic heterocycles. The maximum atomic E-state index is 13.3. The Morgan fingerprint density at radius 1 is 1.05 bits per heavy atom. The number of nitrogens with one attached hydrogen (secondary N) is 2. The second kappa shape index (κ2) is 13.8. The van der Waals surface area contributed by atoms with E-state index < -0.39 is 11.8 Å². The van der Waals surface area contributed by atoms with Gasteiger partial charge >= 0.3 is 0 Å². The lowest BCUT2D eigenvalue weighted by molar-refractivity contribution is -0.127. The van der Waals surface area contributed by atoms with E-state index in [2.05, 4.69) is 44.5 Å². The van der Waals surface area contributed by atoms with Crippen LogP contribution in [0, 0.1) is 6.92 Å². The van der Waals surface area contributed by atoms with Gasteiger partial charge in [0.1, 0.15) is 12.0 Å². The smallest absolute Gasteiger partial charge is 0.277 e. The summed E-state index contributed by atoms with van der Waals surface area (Å²) in [6.07, 6.45) is 4.22. The maximum Gasteiger partial charge on any atom is 0.277 e. The van der Waals surface area contributed by atoms with Crippen LogP contribution in [-0.4, -0.2) is 78.5 Å². The molecular weight excluding hydrogens is 560 g/mol. The van der Waals surface area contributed by atoms with Crippen LogP contribution >= 0.6 is 0 Å². The first-order valence-electron chi connectivity index (χ1n) is 15.5. The highest BCUT2D eigenvalue weighted by Crippen LogP contribution is 2.35. The molecule has 1 atom stereocenters. The van der Waals surface area contributed by atoms with Gasteiger partial charge in [0.05, 0.1) is 16.9 Å². The summed E-state index contributed by atoms with van der Waals surface area (Å²) in [7, 11) is 0. The molecule has 2 aromatic carbocycles. The number of hydrogen-bond donors (Lipinski definition) is 3. The summed E-state index contributed by atoms with van der Waals surface area (Å²) in [4.78, 5) is 49.0. The normalized spacial score (nSPS) is 15.9. The van der Waals surface area contributed by atoms with Gasteiger partial charge in [-0.1, -0.05) is 32.0 Å². The van der Waals surface area contributed by atoms with E-state index in [9.17, 15) is 19.5 Å². The van der Waals surface area contributed by atoms with E-state index in [4.69, 9.17) is 4.42 Å². The van der Waals surface area contributed by atoms with E-state index in [1.165, 1.54) is 23.6 Å². The van der Waals surface area contributed by atoms with Gasteiger partial charge in [0, 0.05) is 69.9 Å². The molecule has 2 aliphatic rings. The molecule has 0 aliphatic carbocycles. The van der Waals surface area contributed by atoms with Gasteiger partial charge in [0.15, 0.2) is 11.6 Å². The zero-order valence-corrected chi connectivity index (χ0v) is 25.8. The lowest BCUT2D eigenvalue weighted by Crippen LogP contribution is -2.47. The number of amides is 3. The summed E-state index contributed by atoms with van der Waals surface area (Å²) in [5.41, 5.74) is 3.62. The van der Waals surface area contributed by atoms with Crippen molar-refractivity contribution in [1.82, 2.24) is 15.2 Å². The Labute approximate surface area is 258 Å². The van der Waals surface area contributed by atoms with Gasteiger partial charge in [-0.25, -0.2) is 4.98 Å². The number of piperazine rings is 1. The molecule has 234 valence electrons. The number of benzene rings is 2. The van der Waals surface area contributed by atoms with Crippen molar-refractivity contribution in [2.24, 2.45) is 0 Å². The lowest BCUT2D eigenvalue weighted by atomic mass is 10.1. The molecule has 2 saturated heterocycles. The zero-order chi connectivity index (χ0) is 31.2. The summed E-state index contributed by atoms with van der Waals surface area (Å²) in [5, 5.41) is 16.8. The van der Waals surface area contributed by atoms with Crippen LogP contribution in [0.1, 0.15) is 77.7 Å². The molecule has 3 aromatic rings. The van der Waals surface area contributed by atoms with Crippen molar-refractivity contribution >= 4 is 34.8 Å². The maximum absolute atomic E-state index is 13.3. The summed E-state index contributed by atoms with van der Waals surface area (Å²) < 4.78 is 5.55. The predicted molar refractivity (Wildman–Crippen MR) is 170 cm³/mol. The molecule has 0 bridgehead atoms. The summed E-state index contributed by atoms with van der Waals surface area (Å²) >= 11 is 0. The van der Waals surface area contributed by atoms with Crippen molar-refractivity contribution in [3.05, 3.63) is 65.4 Å². The van der Waals surface area contributed by atoms with E-state index in [0.717, 1.165) is 32.5 Å². The van der Waals surface area contributed by atoms with Crippen LogP contribution in [0.5, 0.6) is 5.75 Å². The Morgan fingerprint density at radius 2 is 1.77 bits per heavy atom. The minimum Gasteiger partial charge on any atom is -0.507 e. The van der Waals surface area contributed by atoms with Crippen molar-refractivity contribution < 1.29 is 23.9 Å². The van der Waals surface area contributed by atoms with E-state index in [0.29, 0.717) is 56.3 Å². The standard InChI is InChI=1S/C33H42N6O5/c1-4-22(2)33-36-26(21-44-33)32(43)35-25-19-24(31(42)34-12-8-14-39-13-7-11-30(39)41)29(40)20-28(25)38-17-15-37(16-18-38)27-10-6-5-9-23(27)3/h5-6,9-10,19-22,40H,4,7-8,11-18H2,1-3H3,(H,34,42)(H,35,43). The first kappa shape index (κ1) is 30.9. The van der Waals surface area contributed by atoms with Crippen LogP contribution in [0.15, 0.2) is 47.1 Å². The number of oxazole rings is 1. The fourth-order valence-electron chi connectivity index (χ4n) is 5.71. The number of carbonyl (C=O) groups excluding carboxylic acids is 3. The molecule has 44 heavy (non-hydrogen) atoms. The lowest BCUT2D eigenvalue weighted by Gasteiger charge is -2.38. The number of phenolic OH excluding ortho intramolecular Hbond substituents is 1. The molecule has 0 saturated carbocycles. The first-order valence-corrected chi connectivity index (χ1v) is 15.5. The third-order valence-corrected chi connectivity index (χ3v) is 8.53. The Morgan fingerprint density at radius 3 is 2.45 bits per heavy atom. The number of likely N-dealkylation sites (tertiary alicyclic amines) is 1. The van der Waals surface area contributed by atoms with Crippen LogP contribution in [0.3, 0.4) is 0 Å². The van der Waals surface area contributed by atoms with Crippen LogP contribution in [0.25, 0.3) is 0 Å². The third kappa shape index (κ3) is 6.98. The highest BCUT2D eigenvalue weighted by Gasteiger charge is 2.26. The van der Waals surface area contributed by atoms with E-state index >= 15 is 0 Å². The second-order valence-corrected chi connectivity index (χ2v) is 11.6. The molecule has 11 heteroatoms. The monoisotopic (exact) mass is 602 g/mol. The van der Waals surface area contributed by atoms with Gasteiger partial charge in [-0.15, -0.1) is 0 Å². The highest BCUT2D eigenvalue weighted by molar-refractivity contribution is 6.07. The number of aromatic hydroxyl groups is 1. The van der Waals surface area contributed by atoms with Crippen molar-refractivity contribution in [1.29, 1.82) is 0 Å². The van der Waals surface area contributed by atoms with Crippen LogP contribution < -0.4 is 20.4 Å². The molecule has 5 rings (SSSR count). The molecule has 3 N–H and O–H groups in total. The van der Waals surface area contributed by atoms with Gasteiger partial charge in [-0.3, -0.25) is 14.4 Å². The molecule has 0 spiro atoms. The number of nitrogens with zero attached hydrogens (tertiary/aromatic N) is 4. The summed E-state index contributed by atoms with van der Waals surface area (Å²) in [6, 6.07) is 11.3. The number of carbonyl (C=O) groups is 3. The number of para-hydroxylation sites is 1. The Balaban J connectivity index is 1.33. The van der Waals surface area contributed by atoms with Gasteiger partial charge in [-0.05, 0) is 43.9 Å². The SMILES string of the molecule is CCC(C)c1nc(C(=O)Nc2cc(C(=O)NCCCN3CCCC3=O)c(O)cc2N2CCN(c3ccccc3C)CC2)co1. The molecule has 11 nitrogen and oxygen atoms in total. The fourth-order valence-corrected chi connectivity index (χ4v) is 5.71. The second-order valence-electron chi connectivity index (χ2n) is 11.6. The minimum atomic E-state index is -0.463. The summed E-state index contributed by atoms with van der Waals surface area (Å²) in [6.45, 7) is 10.6. The van der Waals surface area contributed by atoms with Crippen molar-refractivity contribution in [2.75, 3.05) is 60.9 Å². The Hall–Kier alpha value is -4.54. The van der Waals surface area contributed by atoms with Crippen molar-refractivity contribution in [3.63, 3.8) is 0 Å². The van der Waals surface area contributed by atoms with Gasteiger partial charge in [0.2, 0.25) is 5.91 Å². The average molecular weight is 603 g/mol. The molecule has 3 amide bonds. The van der Waals surface area contributed by atoms with Gasteiger partial charge < -0.3 is 34.9 Å². The first-order chi connectivity index (χ1) is 21.2. The van der Waals surface area contributed by atoms with Gasteiger partial charge in [0.25, 0.3) is 11.8 Å². The number of anilines is 3. The van der Waals surface area contributed by atoms with E-state index in [1.54, 1.807) is 6.07 Å². The van der Waals surface area contributed by atoms with E-state index in [-0.39, 0.29) is 28.8 Å².